The van der Waals surface area contributed by atoms with Gasteiger partial charge in [-0.15, -0.1) is 0 Å². The van der Waals surface area contributed by atoms with Crippen molar-refractivity contribution in [1.29, 1.82) is 0 Å². The molecular weight excluding hydrogens is 188 g/mol. The summed E-state index contributed by atoms with van der Waals surface area (Å²) < 4.78 is 4.74. The predicted octanol–water partition coefficient (Wildman–Crippen LogP) is 1.65. The van der Waals surface area contributed by atoms with E-state index in [2.05, 4.69) is 0 Å². The molecule has 4 heteroatoms. The maximum Gasteiger partial charge on any atom is 0.315 e. The summed E-state index contributed by atoms with van der Waals surface area (Å²) in [4.78, 5) is 21.4. The first-order valence-corrected chi connectivity index (χ1v) is 5.55. The molecule has 13 heavy (non-hydrogen) atoms. The van der Waals surface area contributed by atoms with Crippen LogP contribution in [0, 0.1) is 0 Å². The van der Waals surface area contributed by atoms with E-state index in [9.17, 15) is 9.59 Å². The smallest absolute Gasteiger partial charge is 0.315 e. The Bertz CT molecular complexity index is 168. The van der Waals surface area contributed by atoms with Gasteiger partial charge in [-0.1, -0.05) is 0 Å². The van der Waals surface area contributed by atoms with Crippen molar-refractivity contribution in [2.24, 2.45) is 0 Å². The first-order valence-electron chi connectivity index (χ1n) is 4.39. The second-order valence-corrected chi connectivity index (χ2v) is 3.77. The molecule has 0 aliphatic carbocycles. The Morgan fingerprint density at radius 3 is 2.62 bits per heavy atom. The van der Waals surface area contributed by atoms with Crippen molar-refractivity contribution in [3.63, 3.8) is 0 Å². The largest absolute Gasteiger partial charge is 0.465 e. The highest BCUT2D eigenvalue weighted by atomic mass is 32.2. The van der Waals surface area contributed by atoms with Crippen LogP contribution < -0.4 is 0 Å². The maximum absolute atomic E-state index is 10.8. The van der Waals surface area contributed by atoms with Gasteiger partial charge in [-0.25, -0.2) is 0 Å². The van der Waals surface area contributed by atoms with Gasteiger partial charge < -0.3 is 9.53 Å². The van der Waals surface area contributed by atoms with E-state index in [0.29, 0.717) is 18.8 Å². The summed E-state index contributed by atoms with van der Waals surface area (Å²) in [5, 5.41) is 0. The Morgan fingerprint density at radius 2 is 2.08 bits per heavy atom. The number of carbonyl (C=O) groups is 2. The van der Waals surface area contributed by atoms with Gasteiger partial charge in [0.05, 0.1) is 12.4 Å². The molecular formula is C9H16O3S. The number of ether oxygens (including phenoxy) is 1. The van der Waals surface area contributed by atoms with Gasteiger partial charge in [0.15, 0.2) is 0 Å². The Hall–Kier alpha value is -0.510. The Labute approximate surface area is 83.2 Å². The van der Waals surface area contributed by atoms with E-state index in [1.165, 1.54) is 11.8 Å². The minimum Gasteiger partial charge on any atom is -0.465 e. The summed E-state index contributed by atoms with van der Waals surface area (Å²) in [5.74, 6) is 1.27. The third kappa shape index (κ3) is 9.40. The summed E-state index contributed by atoms with van der Waals surface area (Å²) in [6, 6.07) is 0. The second kappa shape index (κ2) is 8.10. The molecule has 0 unspecified atom stereocenters. The van der Waals surface area contributed by atoms with Crippen molar-refractivity contribution in [3.05, 3.63) is 0 Å². The lowest BCUT2D eigenvalue weighted by Crippen LogP contribution is -2.07. The molecule has 0 aromatic heterocycles. The number of rotatable bonds is 7. The minimum absolute atomic E-state index is 0.171. The fourth-order valence-corrected chi connectivity index (χ4v) is 1.52. The number of ketones is 1. The molecule has 0 aromatic carbocycles. The molecule has 3 nitrogen and oxygen atoms in total. The van der Waals surface area contributed by atoms with Gasteiger partial charge in [-0.05, 0) is 26.0 Å². The standard InChI is InChI=1S/C9H16O3S/c1-3-12-9(11)7-13-6-4-5-8(2)10/h3-7H2,1-2H3. The summed E-state index contributed by atoms with van der Waals surface area (Å²) >= 11 is 1.52. The fraction of sp³-hybridized carbons (Fsp3) is 0.778. The molecule has 0 N–H and O–H groups in total. The van der Waals surface area contributed by atoms with Crippen LogP contribution in [0.5, 0.6) is 0 Å². The van der Waals surface area contributed by atoms with E-state index in [4.69, 9.17) is 4.74 Å². The highest BCUT2D eigenvalue weighted by molar-refractivity contribution is 7.99. The molecule has 0 bridgehead atoms. The molecule has 0 fully saturated rings. The molecule has 0 amide bonds. The first kappa shape index (κ1) is 12.5. The van der Waals surface area contributed by atoms with Gasteiger partial charge >= 0.3 is 5.97 Å². The van der Waals surface area contributed by atoms with Crippen LogP contribution in [0.2, 0.25) is 0 Å². The van der Waals surface area contributed by atoms with Crippen LogP contribution in [0.1, 0.15) is 26.7 Å². The van der Waals surface area contributed by atoms with Crippen molar-refractivity contribution in [3.8, 4) is 0 Å². The zero-order valence-corrected chi connectivity index (χ0v) is 8.99. The highest BCUT2D eigenvalue weighted by Crippen LogP contribution is 2.05. The average Bonchev–Trinajstić information content (AvgIpc) is 2.03. The van der Waals surface area contributed by atoms with Gasteiger partial charge in [-0.2, -0.15) is 11.8 Å². The maximum atomic E-state index is 10.8. The van der Waals surface area contributed by atoms with Gasteiger partial charge in [0.2, 0.25) is 0 Å². The van der Waals surface area contributed by atoms with Crippen LogP contribution in [-0.4, -0.2) is 29.9 Å². The predicted molar refractivity (Wildman–Crippen MR) is 53.9 cm³/mol. The molecule has 0 heterocycles. The minimum atomic E-state index is -0.171. The van der Waals surface area contributed by atoms with Crippen LogP contribution >= 0.6 is 11.8 Å². The van der Waals surface area contributed by atoms with Gasteiger partial charge in [-0.3, -0.25) is 4.79 Å². The third-order valence-electron chi connectivity index (χ3n) is 1.34. The lowest BCUT2D eigenvalue weighted by atomic mass is 10.3. The normalized spacial score (nSPS) is 9.69. The van der Waals surface area contributed by atoms with Gasteiger partial charge in [0.1, 0.15) is 5.78 Å². The lowest BCUT2D eigenvalue weighted by molar-refractivity contribution is -0.139. The number of esters is 1. The van der Waals surface area contributed by atoms with Crippen molar-refractivity contribution in [2.75, 3.05) is 18.1 Å². The highest BCUT2D eigenvalue weighted by Gasteiger charge is 2.01. The van der Waals surface area contributed by atoms with E-state index in [-0.39, 0.29) is 11.8 Å². The van der Waals surface area contributed by atoms with E-state index in [1.807, 2.05) is 0 Å². The summed E-state index contributed by atoms with van der Waals surface area (Å²) in [5.41, 5.74) is 0. The SMILES string of the molecule is CCOC(=O)CSCCCC(C)=O. The molecule has 0 spiro atoms. The van der Waals surface area contributed by atoms with E-state index in [1.54, 1.807) is 13.8 Å². The monoisotopic (exact) mass is 204 g/mol. The summed E-state index contributed by atoms with van der Waals surface area (Å²) in [7, 11) is 0. The molecule has 0 radical (unpaired) electrons. The number of hydrogen-bond acceptors (Lipinski definition) is 4. The van der Waals surface area contributed by atoms with E-state index < -0.39 is 0 Å². The second-order valence-electron chi connectivity index (χ2n) is 2.66. The molecule has 0 aliphatic heterocycles. The van der Waals surface area contributed by atoms with Crippen LogP contribution in [0.25, 0.3) is 0 Å². The van der Waals surface area contributed by atoms with Gasteiger partial charge in [0, 0.05) is 6.42 Å². The summed E-state index contributed by atoms with van der Waals surface area (Å²) in [6.07, 6.45) is 1.45. The quantitative estimate of drug-likeness (QED) is 0.467. The zero-order chi connectivity index (χ0) is 10.1. The molecule has 76 valence electrons. The number of thioether (sulfide) groups is 1. The van der Waals surface area contributed by atoms with E-state index in [0.717, 1.165) is 12.2 Å². The van der Waals surface area contributed by atoms with Crippen molar-refractivity contribution >= 4 is 23.5 Å². The summed E-state index contributed by atoms with van der Waals surface area (Å²) in [6.45, 7) is 3.81. The van der Waals surface area contributed by atoms with Crippen LogP contribution in [0.3, 0.4) is 0 Å². The van der Waals surface area contributed by atoms with E-state index >= 15 is 0 Å². The molecule has 0 saturated carbocycles. The number of carbonyl (C=O) groups excluding carboxylic acids is 2. The Balaban J connectivity index is 3.16. The van der Waals surface area contributed by atoms with Crippen LogP contribution in [0.4, 0.5) is 0 Å². The van der Waals surface area contributed by atoms with Crippen molar-refractivity contribution < 1.29 is 14.3 Å². The molecule has 0 aliphatic rings. The molecule has 0 atom stereocenters. The molecule has 0 saturated heterocycles. The molecule has 0 aromatic rings. The Kier molecular flexibility index (Phi) is 7.79. The lowest BCUT2D eigenvalue weighted by Gasteiger charge is -2.00. The third-order valence-corrected chi connectivity index (χ3v) is 2.36. The van der Waals surface area contributed by atoms with Crippen molar-refractivity contribution in [2.45, 2.75) is 26.7 Å². The average molecular weight is 204 g/mol. The van der Waals surface area contributed by atoms with Gasteiger partial charge in [0.25, 0.3) is 0 Å². The number of Topliss-reactive ketones (excluding diaryl/α,β-unsaturated/α-hetero) is 1. The van der Waals surface area contributed by atoms with Crippen molar-refractivity contribution in [1.82, 2.24) is 0 Å². The van der Waals surface area contributed by atoms with Crippen LogP contribution in [0.15, 0.2) is 0 Å². The Morgan fingerprint density at radius 1 is 1.38 bits per heavy atom. The van der Waals surface area contributed by atoms with Crippen LogP contribution in [-0.2, 0) is 14.3 Å². The molecule has 0 rings (SSSR count). The first-order chi connectivity index (χ1) is 6.16. The number of hydrogen-bond donors (Lipinski definition) is 0. The fourth-order valence-electron chi connectivity index (χ4n) is 0.781. The topological polar surface area (TPSA) is 43.4 Å². The zero-order valence-electron chi connectivity index (χ0n) is 8.17.